The molecule has 0 amide bonds. The average Bonchev–Trinajstić information content (AvgIpc) is 2.34. The molecule has 0 saturated heterocycles. The van der Waals surface area contributed by atoms with Crippen LogP contribution in [-0.2, 0) is 0 Å². The number of hydrogen-bond donors (Lipinski definition) is 1. The molecule has 1 aromatic rings. The molecular formula is C11H19N3OS. The van der Waals surface area contributed by atoms with Crippen LogP contribution in [0.3, 0.4) is 0 Å². The van der Waals surface area contributed by atoms with Gasteiger partial charge in [0.05, 0.1) is 7.11 Å². The number of hydrogen-bond acceptors (Lipinski definition) is 5. The fraction of sp³-hybridized carbons (Fsp3) is 0.636. The van der Waals surface area contributed by atoms with Gasteiger partial charge in [0.15, 0.2) is 0 Å². The van der Waals surface area contributed by atoms with Gasteiger partial charge in [0.25, 0.3) is 0 Å². The van der Waals surface area contributed by atoms with E-state index < -0.39 is 0 Å². The lowest BCUT2D eigenvalue weighted by molar-refractivity contribution is 0.397. The summed E-state index contributed by atoms with van der Waals surface area (Å²) in [6, 6.07) is 1.81. The van der Waals surface area contributed by atoms with Crippen molar-refractivity contribution < 1.29 is 4.74 Å². The largest absolute Gasteiger partial charge is 0.481 e. The second-order valence-electron chi connectivity index (χ2n) is 3.43. The molecule has 0 atom stereocenters. The Hall–Kier alpha value is -0.970. The summed E-state index contributed by atoms with van der Waals surface area (Å²) >= 11 is 1.90. The fourth-order valence-corrected chi connectivity index (χ4v) is 1.81. The van der Waals surface area contributed by atoms with Crippen LogP contribution >= 0.6 is 11.8 Å². The monoisotopic (exact) mass is 241 g/mol. The molecule has 0 spiro atoms. The summed E-state index contributed by atoms with van der Waals surface area (Å²) in [5.74, 6) is 2.68. The van der Waals surface area contributed by atoms with Crippen molar-refractivity contribution in [1.82, 2.24) is 9.97 Å². The van der Waals surface area contributed by atoms with E-state index in [1.54, 1.807) is 7.11 Å². The number of thioether (sulfide) groups is 1. The van der Waals surface area contributed by atoms with E-state index in [1.165, 1.54) is 31.3 Å². The number of rotatable bonds is 8. The number of aromatic nitrogens is 2. The Labute approximate surface area is 101 Å². The molecule has 0 aliphatic rings. The zero-order valence-electron chi connectivity index (χ0n) is 9.90. The Morgan fingerprint density at radius 3 is 2.94 bits per heavy atom. The van der Waals surface area contributed by atoms with Gasteiger partial charge < -0.3 is 10.1 Å². The first kappa shape index (κ1) is 13.1. The Kier molecular flexibility index (Phi) is 6.72. The Morgan fingerprint density at radius 1 is 1.31 bits per heavy atom. The lowest BCUT2D eigenvalue weighted by atomic mass is 10.2. The maximum absolute atomic E-state index is 5.02. The van der Waals surface area contributed by atoms with Crippen molar-refractivity contribution in [3.8, 4) is 5.88 Å². The zero-order chi connectivity index (χ0) is 11.6. The highest BCUT2D eigenvalue weighted by molar-refractivity contribution is 7.98. The van der Waals surface area contributed by atoms with Gasteiger partial charge in [-0.15, -0.1) is 0 Å². The Balaban J connectivity index is 2.16. The quantitative estimate of drug-likeness (QED) is 0.708. The van der Waals surface area contributed by atoms with Crippen molar-refractivity contribution in [3.05, 3.63) is 12.4 Å². The van der Waals surface area contributed by atoms with Gasteiger partial charge in [-0.05, 0) is 24.9 Å². The SMILES string of the molecule is COc1cc(NCCCCCSC)ncn1. The molecule has 0 radical (unpaired) electrons. The average molecular weight is 241 g/mol. The van der Waals surface area contributed by atoms with Crippen molar-refractivity contribution in [2.75, 3.05) is 31.0 Å². The topological polar surface area (TPSA) is 47.0 Å². The molecule has 0 saturated carbocycles. The third-order valence-corrected chi connectivity index (χ3v) is 2.88. The predicted octanol–water partition coefficient (Wildman–Crippen LogP) is 2.43. The highest BCUT2D eigenvalue weighted by Crippen LogP contribution is 2.10. The minimum Gasteiger partial charge on any atom is -0.481 e. The third kappa shape index (κ3) is 5.21. The summed E-state index contributed by atoms with van der Waals surface area (Å²) in [5, 5.41) is 3.26. The summed E-state index contributed by atoms with van der Waals surface area (Å²) < 4.78 is 5.02. The standard InChI is InChI=1S/C11H19N3OS/c1-15-11-8-10(13-9-14-11)12-6-4-3-5-7-16-2/h8-9H,3-7H2,1-2H3,(H,12,13,14). The van der Waals surface area contributed by atoms with Crippen molar-refractivity contribution in [3.63, 3.8) is 0 Å². The predicted molar refractivity (Wildman–Crippen MR) is 69.3 cm³/mol. The lowest BCUT2D eigenvalue weighted by Gasteiger charge is -2.05. The van der Waals surface area contributed by atoms with Gasteiger partial charge in [-0.2, -0.15) is 11.8 Å². The van der Waals surface area contributed by atoms with E-state index in [-0.39, 0.29) is 0 Å². The third-order valence-electron chi connectivity index (χ3n) is 2.18. The summed E-state index contributed by atoms with van der Waals surface area (Å²) in [6.45, 7) is 0.953. The minimum atomic E-state index is 0.597. The molecule has 0 unspecified atom stereocenters. The minimum absolute atomic E-state index is 0.597. The van der Waals surface area contributed by atoms with Gasteiger partial charge in [-0.1, -0.05) is 6.42 Å². The molecule has 0 aliphatic heterocycles. The molecule has 1 rings (SSSR count). The first-order valence-corrected chi connectivity index (χ1v) is 6.85. The van der Waals surface area contributed by atoms with Crippen LogP contribution in [0.1, 0.15) is 19.3 Å². The molecule has 0 aromatic carbocycles. The van der Waals surface area contributed by atoms with Crippen LogP contribution in [0.2, 0.25) is 0 Å². The zero-order valence-corrected chi connectivity index (χ0v) is 10.7. The summed E-state index contributed by atoms with van der Waals surface area (Å²) in [5.41, 5.74) is 0. The van der Waals surface area contributed by atoms with Crippen LogP contribution in [-0.4, -0.2) is 35.6 Å². The summed E-state index contributed by atoms with van der Waals surface area (Å²) in [6.07, 6.45) is 7.37. The van der Waals surface area contributed by atoms with Crippen molar-refractivity contribution in [2.45, 2.75) is 19.3 Å². The molecule has 90 valence electrons. The number of unbranched alkanes of at least 4 members (excludes halogenated alkanes) is 2. The smallest absolute Gasteiger partial charge is 0.218 e. The number of ether oxygens (including phenoxy) is 1. The fourth-order valence-electron chi connectivity index (χ4n) is 1.31. The maximum Gasteiger partial charge on any atom is 0.218 e. The normalized spacial score (nSPS) is 10.1. The molecule has 0 bridgehead atoms. The van der Waals surface area contributed by atoms with Crippen molar-refractivity contribution >= 4 is 17.6 Å². The van der Waals surface area contributed by atoms with Gasteiger partial charge in [-0.25, -0.2) is 9.97 Å². The molecule has 5 heteroatoms. The van der Waals surface area contributed by atoms with E-state index in [0.29, 0.717) is 5.88 Å². The van der Waals surface area contributed by atoms with Crippen molar-refractivity contribution in [1.29, 1.82) is 0 Å². The molecule has 1 N–H and O–H groups in total. The first-order valence-electron chi connectivity index (χ1n) is 5.45. The van der Waals surface area contributed by atoms with Gasteiger partial charge in [0.2, 0.25) is 5.88 Å². The number of nitrogens with zero attached hydrogens (tertiary/aromatic N) is 2. The second-order valence-corrected chi connectivity index (χ2v) is 4.41. The van der Waals surface area contributed by atoms with Crippen LogP contribution in [0.25, 0.3) is 0 Å². The number of methoxy groups -OCH3 is 1. The van der Waals surface area contributed by atoms with Crippen LogP contribution in [0.5, 0.6) is 5.88 Å². The molecule has 0 fully saturated rings. The van der Waals surface area contributed by atoms with Crippen LogP contribution in [0.15, 0.2) is 12.4 Å². The molecule has 1 heterocycles. The van der Waals surface area contributed by atoms with E-state index in [2.05, 4.69) is 21.5 Å². The van der Waals surface area contributed by atoms with E-state index in [1.807, 2.05) is 17.8 Å². The van der Waals surface area contributed by atoms with Gasteiger partial charge >= 0.3 is 0 Å². The van der Waals surface area contributed by atoms with Crippen LogP contribution < -0.4 is 10.1 Å². The highest BCUT2D eigenvalue weighted by atomic mass is 32.2. The van der Waals surface area contributed by atoms with E-state index in [9.17, 15) is 0 Å². The van der Waals surface area contributed by atoms with E-state index >= 15 is 0 Å². The van der Waals surface area contributed by atoms with E-state index in [4.69, 9.17) is 4.74 Å². The summed E-state index contributed by atoms with van der Waals surface area (Å²) in [4.78, 5) is 8.07. The summed E-state index contributed by atoms with van der Waals surface area (Å²) in [7, 11) is 1.61. The second kappa shape index (κ2) is 8.21. The number of anilines is 1. The molecular weight excluding hydrogens is 222 g/mol. The van der Waals surface area contributed by atoms with Crippen LogP contribution in [0, 0.1) is 0 Å². The van der Waals surface area contributed by atoms with E-state index in [0.717, 1.165) is 12.4 Å². The van der Waals surface area contributed by atoms with Gasteiger partial charge in [-0.3, -0.25) is 0 Å². The Bertz CT molecular complexity index is 296. The highest BCUT2D eigenvalue weighted by Gasteiger charge is 1.97. The van der Waals surface area contributed by atoms with Gasteiger partial charge in [0, 0.05) is 12.6 Å². The first-order chi connectivity index (χ1) is 7.86. The van der Waals surface area contributed by atoms with Gasteiger partial charge in [0.1, 0.15) is 12.1 Å². The Morgan fingerprint density at radius 2 is 2.19 bits per heavy atom. The van der Waals surface area contributed by atoms with Crippen LogP contribution in [0.4, 0.5) is 5.82 Å². The van der Waals surface area contributed by atoms with Crippen molar-refractivity contribution in [2.24, 2.45) is 0 Å². The number of nitrogens with one attached hydrogen (secondary N) is 1. The molecule has 1 aromatic heterocycles. The molecule has 16 heavy (non-hydrogen) atoms. The molecule has 0 aliphatic carbocycles. The lowest BCUT2D eigenvalue weighted by Crippen LogP contribution is -2.04. The maximum atomic E-state index is 5.02. The molecule has 4 nitrogen and oxygen atoms in total.